The number of rotatable bonds is 1. The molecule has 0 aliphatic heterocycles. The zero-order chi connectivity index (χ0) is 14.0. The van der Waals surface area contributed by atoms with Crippen molar-refractivity contribution in [3.8, 4) is 0 Å². The molecule has 0 amide bonds. The van der Waals surface area contributed by atoms with Crippen LogP contribution in [0.25, 0.3) is 5.84 Å². The van der Waals surface area contributed by atoms with Gasteiger partial charge in [0.05, 0.1) is 0 Å². The van der Waals surface area contributed by atoms with Crippen molar-refractivity contribution in [2.75, 3.05) is 0 Å². The molecule has 2 saturated carbocycles. The molecule has 20 heavy (non-hydrogen) atoms. The first kappa shape index (κ1) is 15.9. The lowest BCUT2D eigenvalue weighted by Gasteiger charge is -2.21. The van der Waals surface area contributed by atoms with Crippen LogP contribution in [0.1, 0.15) is 103 Å². The van der Waals surface area contributed by atoms with Crippen LogP contribution in [-0.2, 0) is 0 Å². The summed E-state index contributed by atoms with van der Waals surface area (Å²) in [6.07, 6.45) is 21.4. The fraction of sp³-hybridized carbons (Fsp3) is 0.944. The van der Waals surface area contributed by atoms with Gasteiger partial charge in [0.25, 0.3) is 0 Å². The van der Waals surface area contributed by atoms with Crippen molar-refractivity contribution in [3.63, 3.8) is 0 Å². The number of hydrogen-bond acceptors (Lipinski definition) is 0. The predicted molar refractivity (Wildman–Crippen MR) is 87.2 cm³/mol. The van der Waals surface area contributed by atoms with E-state index in [0.29, 0.717) is 6.04 Å². The third-order valence-corrected chi connectivity index (χ3v) is 5.21. The van der Waals surface area contributed by atoms with E-state index >= 15 is 0 Å². The lowest BCUT2D eigenvalue weighted by Crippen LogP contribution is -2.26. The lowest BCUT2D eigenvalue weighted by molar-refractivity contribution is -0.506. The van der Waals surface area contributed by atoms with Crippen molar-refractivity contribution in [2.24, 2.45) is 0 Å². The zero-order valence-corrected chi connectivity index (χ0v) is 13.3. The number of nitrogens with zero attached hydrogens (tertiary/aromatic N) is 1. The maximum atomic E-state index is 8.64. The topological polar surface area (TPSA) is 26.8 Å². The normalized spacial score (nSPS) is 24.7. The minimum absolute atomic E-state index is 0.517. The number of nitrogens with one attached hydrogen (secondary N) is 1. The van der Waals surface area contributed by atoms with Gasteiger partial charge in [0.15, 0.2) is 0 Å². The number of hydrogen-bond donors (Lipinski definition) is 0. The Labute approximate surface area is 125 Å². The SMILES string of the molecule is [NH-][N+](=C1CCCCCCCC1)C1CCCCCCCC1. The molecule has 2 heteroatoms. The minimum atomic E-state index is 0.517. The average molecular weight is 278 g/mol. The fourth-order valence-electron chi connectivity index (χ4n) is 3.86. The molecule has 0 saturated heterocycles. The average Bonchev–Trinajstić information content (AvgIpc) is 2.69. The molecule has 2 fully saturated rings. The second-order valence-electron chi connectivity index (χ2n) is 6.91. The molecule has 2 rings (SSSR count). The van der Waals surface area contributed by atoms with Gasteiger partial charge in [-0.15, -0.1) is 0 Å². The van der Waals surface area contributed by atoms with Gasteiger partial charge in [-0.1, -0.05) is 51.4 Å². The van der Waals surface area contributed by atoms with E-state index in [-0.39, 0.29) is 0 Å². The van der Waals surface area contributed by atoms with Crippen molar-refractivity contribution < 1.29 is 4.68 Å². The first-order valence-electron chi connectivity index (χ1n) is 9.23. The molecule has 2 aliphatic rings. The Morgan fingerprint density at radius 2 is 1.00 bits per heavy atom. The van der Waals surface area contributed by atoms with E-state index in [4.69, 9.17) is 5.84 Å². The predicted octanol–water partition coefficient (Wildman–Crippen LogP) is 6.04. The third kappa shape index (κ3) is 5.46. The van der Waals surface area contributed by atoms with E-state index in [0.717, 1.165) is 0 Å². The second-order valence-corrected chi connectivity index (χ2v) is 6.91. The fourth-order valence-corrected chi connectivity index (χ4v) is 3.86. The van der Waals surface area contributed by atoms with Crippen LogP contribution < -0.4 is 0 Å². The van der Waals surface area contributed by atoms with Crippen LogP contribution in [-0.4, -0.2) is 16.4 Å². The molecule has 0 aromatic rings. The van der Waals surface area contributed by atoms with Gasteiger partial charge in [0.2, 0.25) is 0 Å². The molecule has 1 N–H and O–H groups in total. The van der Waals surface area contributed by atoms with E-state index < -0.39 is 0 Å². The highest BCUT2D eigenvalue weighted by Crippen LogP contribution is 2.22. The summed E-state index contributed by atoms with van der Waals surface area (Å²) in [5, 5.41) is 0. The van der Waals surface area contributed by atoms with Gasteiger partial charge in [-0.3, -0.25) is 4.68 Å². The van der Waals surface area contributed by atoms with Gasteiger partial charge >= 0.3 is 0 Å². The van der Waals surface area contributed by atoms with Crippen LogP contribution in [0.15, 0.2) is 0 Å². The molecule has 0 atom stereocenters. The first-order chi connectivity index (χ1) is 9.88. The van der Waals surface area contributed by atoms with Gasteiger partial charge in [0.1, 0.15) is 11.8 Å². The van der Waals surface area contributed by atoms with Gasteiger partial charge in [-0.05, 0) is 25.7 Å². The summed E-state index contributed by atoms with van der Waals surface area (Å²) in [6.45, 7) is 0. The summed E-state index contributed by atoms with van der Waals surface area (Å²) >= 11 is 0. The van der Waals surface area contributed by atoms with Crippen LogP contribution in [0.5, 0.6) is 0 Å². The maximum absolute atomic E-state index is 8.64. The zero-order valence-electron chi connectivity index (χ0n) is 13.3. The van der Waals surface area contributed by atoms with Gasteiger partial charge in [-0.2, -0.15) is 0 Å². The van der Waals surface area contributed by atoms with Crippen molar-refractivity contribution in [1.29, 1.82) is 0 Å². The monoisotopic (exact) mass is 278 g/mol. The summed E-state index contributed by atoms with van der Waals surface area (Å²) < 4.78 is 1.98. The van der Waals surface area contributed by atoms with Crippen molar-refractivity contribution in [3.05, 3.63) is 5.84 Å². The molecular weight excluding hydrogens is 244 g/mol. The van der Waals surface area contributed by atoms with E-state index in [1.54, 1.807) is 0 Å². The Morgan fingerprint density at radius 1 is 0.600 bits per heavy atom. The highest BCUT2D eigenvalue weighted by Gasteiger charge is 2.20. The lowest BCUT2D eigenvalue weighted by atomic mass is 10.0. The molecule has 0 aromatic heterocycles. The standard InChI is InChI=1S/C18H34N2/c19-20(17-13-9-5-1-2-6-10-14-17)18-15-11-7-3-4-8-12-16-18/h17,19H,1-16H2. The highest BCUT2D eigenvalue weighted by atomic mass is 15.3. The first-order valence-corrected chi connectivity index (χ1v) is 9.23. The Kier molecular flexibility index (Phi) is 7.46. The summed E-state index contributed by atoms with van der Waals surface area (Å²) in [7, 11) is 0. The minimum Gasteiger partial charge on any atom is -0.454 e. The molecular formula is C18H34N2. The molecule has 0 heterocycles. The third-order valence-electron chi connectivity index (χ3n) is 5.21. The smallest absolute Gasteiger partial charge is 0.147 e. The Hall–Kier alpha value is -0.530. The summed E-state index contributed by atoms with van der Waals surface area (Å²) in [4.78, 5) is 0. The van der Waals surface area contributed by atoms with E-state index in [2.05, 4.69) is 0 Å². The Balaban J connectivity index is 1.98. The van der Waals surface area contributed by atoms with Crippen LogP contribution in [0, 0.1) is 0 Å². The van der Waals surface area contributed by atoms with Crippen LogP contribution in [0.2, 0.25) is 0 Å². The van der Waals surface area contributed by atoms with Gasteiger partial charge in [0, 0.05) is 25.7 Å². The van der Waals surface area contributed by atoms with Crippen molar-refractivity contribution >= 4 is 5.71 Å². The molecule has 0 radical (unpaired) electrons. The van der Waals surface area contributed by atoms with Gasteiger partial charge < -0.3 is 5.84 Å². The van der Waals surface area contributed by atoms with Crippen LogP contribution in [0.3, 0.4) is 0 Å². The Bertz CT molecular complexity index is 274. The van der Waals surface area contributed by atoms with E-state index in [1.807, 2.05) is 4.68 Å². The van der Waals surface area contributed by atoms with Crippen molar-refractivity contribution in [1.82, 2.24) is 0 Å². The molecule has 2 aliphatic carbocycles. The maximum Gasteiger partial charge on any atom is 0.147 e. The van der Waals surface area contributed by atoms with Crippen molar-refractivity contribution in [2.45, 2.75) is 109 Å². The quantitative estimate of drug-likeness (QED) is 0.413. The second kappa shape index (κ2) is 9.41. The van der Waals surface area contributed by atoms with Crippen LogP contribution >= 0.6 is 0 Å². The summed E-state index contributed by atoms with van der Waals surface area (Å²) in [5.74, 6) is 8.64. The summed E-state index contributed by atoms with van der Waals surface area (Å²) in [5.41, 5.74) is 1.45. The molecule has 0 unspecified atom stereocenters. The summed E-state index contributed by atoms with van der Waals surface area (Å²) in [6, 6.07) is 0.517. The molecule has 2 nitrogen and oxygen atoms in total. The van der Waals surface area contributed by atoms with Crippen LogP contribution in [0.4, 0.5) is 0 Å². The van der Waals surface area contributed by atoms with E-state index in [9.17, 15) is 0 Å². The molecule has 0 aromatic carbocycles. The largest absolute Gasteiger partial charge is 0.454 e. The van der Waals surface area contributed by atoms with E-state index in [1.165, 1.54) is 108 Å². The van der Waals surface area contributed by atoms with Gasteiger partial charge in [-0.25, -0.2) is 0 Å². The Morgan fingerprint density at radius 3 is 1.50 bits per heavy atom. The molecule has 0 bridgehead atoms. The highest BCUT2D eigenvalue weighted by molar-refractivity contribution is 5.79. The molecule has 0 spiro atoms. The molecule has 116 valence electrons.